The minimum absolute atomic E-state index is 0.0812. The first-order valence-corrected chi connectivity index (χ1v) is 9.29. The summed E-state index contributed by atoms with van der Waals surface area (Å²) in [5.41, 5.74) is -0.660. The maximum Gasteiger partial charge on any atom is 0.421 e. The number of nitrogens with zero attached hydrogens (tertiary/aromatic N) is 4. The number of ether oxygens (including phenoxy) is 2. The smallest absolute Gasteiger partial charge is 0.421 e. The summed E-state index contributed by atoms with van der Waals surface area (Å²) < 4.78 is 80.1. The van der Waals surface area contributed by atoms with Gasteiger partial charge in [-0.2, -0.15) is 23.3 Å². The summed E-state index contributed by atoms with van der Waals surface area (Å²) in [6.07, 6.45) is -4.41. The average Bonchev–Trinajstić information content (AvgIpc) is 2.96. The molecular weight excluding hydrogens is 415 g/mol. The van der Waals surface area contributed by atoms with Crippen molar-refractivity contribution in [3.05, 3.63) is 17.5 Å². The molecule has 0 amide bonds. The highest BCUT2D eigenvalue weighted by Gasteiger charge is 2.60. The van der Waals surface area contributed by atoms with E-state index >= 15 is 0 Å². The molecule has 3 aliphatic rings. The predicted octanol–water partition coefficient (Wildman–Crippen LogP) is 3.14. The summed E-state index contributed by atoms with van der Waals surface area (Å²) in [7, 11) is 0. The Kier molecular flexibility index (Phi) is 4.11. The number of aryl methyl sites for hydroxylation is 1. The van der Waals surface area contributed by atoms with Crippen molar-refractivity contribution < 1.29 is 31.4 Å². The lowest BCUT2D eigenvalue weighted by atomic mass is 10.0. The van der Waals surface area contributed by atoms with Gasteiger partial charge >= 0.3 is 6.18 Å². The standard InChI is InChI=1S/C17H17F5N6O2/c1-7-12-14(28(27-7)11-2-16(11,18)19)26-15-23-3-9(17(20,21)22)13(25-15)24-10-6-29-4-8(10)5-30-12/h3,8,10-11H,2,4-6H2,1H3,(H2,23,24,25,26). The monoisotopic (exact) mass is 432 g/mol. The maximum absolute atomic E-state index is 13.7. The Labute approximate surface area is 166 Å². The van der Waals surface area contributed by atoms with Gasteiger partial charge in [-0.25, -0.2) is 18.4 Å². The van der Waals surface area contributed by atoms with E-state index in [0.717, 1.165) is 4.68 Å². The van der Waals surface area contributed by atoms with Crippen LogP contribution >= 0.6 is 0 Å². The van der Waals surface area contributed by atoms with Gasteiger partial charge in [0.25, 0.3) is 5.92 Å². The van der Waals surface area contributed by atoms with Crippen LogP contribution in [0.5, 0.6) is 5.75 Å². The molecule has 0 spiro atoms. The van der Waals surface area contributed by atoms with E-state index in [1.807, 2.05) is 0 Å². The lowest BCUT2D eigenvalue weighted by Crippen LogP contribution is -2.33. The van der Waals surface area contributed by atoms with Crippen LogP contribution in [0.25, 0.3) is 0 Å². The summed E-state index contributed by atoms with van der Waals surface area (Å²) in [6, 6.07) is -1.64. The van der Waals surface area contributed by atoms with E-state index in [0.29, 0.717) is 11.9 Å². The van der Waals surface area contributed by atoms with Crippen LogP contribution in [0.15, 0.2) is 6.20 Å². The van der Waals surface area contributed by atoms with Crippen molar-refractivity contribution in [2.24, 2.45) is 5.92 Å². The van der Waals surface area contributed by atoms with Crippen LogP contribution < -0.4 is 15.4 Å². The molecule has 1 aliphatic carbocycles. The highest BCUT2D eigenvalue weighted by atomic mass is 19.4. The minimum atomic E-state index is -4.67. The van der Waals surface area contributed by atoms with Gasteiger partial charge in [-0.3, -0.25) is 0 Å². The van der Waals surface area contributed by atoms with Crippen molar-refractivity contribution in [2.45, 2.75) is 37.5 Å². The summed E-state index contributed by atoms with van der Waals surface area (Å²) in [6.45, 7) is 2.16. The summed E-state index contributed by atoms with van der Waals surface area (Å²) in [4.78, 5) is 7.71. The van der Waals surface area contributed by atoms with Gasteiger partial charge in [0.15, 0.2) is 11.6 Å². The Bertz CT molecular complexity index is 994. The number of halogens is 5. The Morgan fingerprint density at radius 1 is 1.23 bits per heavy atom. The van der Waals surface area contributed by atoms with Gasteiger partial charge in [-0.1, -0.05) is 0 Å². The number of hydrogen-bond donors (Lipinski definition) is 2. The fraction of sp³-hybridized carbons (Fsp3) is 0.588. The molecular formula is C17H17F5N6O2. The zero-order chi connectivity index (χ0) is 21.3. The van der Waals surface area contributed by atoms with Crippen LogP contribution in [-0.2, 0) is 10.9 Å². The number of nitrogens with one attached hydrogen (secondary N) is 2. The average molecular weight is 432 g/mol. The predicted molar refractivity (Wildman–Crippen MR) is 93.1 cm³/mol. The molecule has 0 aromatic carbocycles. The molecule has 2 aromatic heterocycles. The number of anilines is 3. The van der Waals surface area contributed by atoms with Crippen LogP contribution in [0.4, 0.5) is 39.5 Å². The fourth-order valence-electron chi connectivity index (χ4n) is 3.66. The quantitative estimate of drug-likeness (QED) is 0.670. The molecule has 2 bridgehead atoms. The molecule has 3 unspecified atom stereocenters. The summed E-state index contributed by atoms with van der Waals surface area (Å²) in [5, 5.41) is 9.69. The first kappa shape index (κ1) is 19.3. The van der Waals surface area contributed by atoms with E-state index in [1.165, 1.54) is 0 Å². The zero-order valence-corrected chi connectivity index (χ0v) is 15.6. The van der Waals surface area contributed by atoms with Crippen LogP contribution in [0, 0.1) is 12.8 Å². The van der Waals surface area contributed by atoms with E-state index in [1.54, 1.807) is 6.92 Å². The molecule has 4 heterocycles. The SMILES string of the molecule is Cc1nn(C2CC2(F)F)c2c1OCC1COCC1Nc1nc(ncc1C(F)(F)F)N2. The number of hydrogen-bond acceptors (Lipinski definition) is 7. The van der Waals surface area contributed by atoms with Crippen LogP contribution in [-0.4, -0.2) is 51.5 Å². The van der Waals surface area contributed by atoms with Crippen molar-refractivity contribution in [3.63, 3.8) is 0 Å². The fourth-order valence-corrected chi connectivity index (χ4v) is 3.66. The molecule has 2 fully saturated rings. The third-order valence-corrected chi connectivity index (χ3v) is 5.41. The summed E-state index contributed by atoms with van der Waals surface area (Å²) in [5.74, 6) is -3.49. The molecule has 3 atom stereocenters. The molecule has 30 heavy (non-hydrogen) atoms. The first-order chi connectivity index (χ1) is 14.1. The van der Waals surface area contributed by atoms with Gasteiger partial charge in [0.05, 0.1) is 25.9 Å². The zero-order valence-electron chi connectivity index (χ0n) is 15.6. The Hall–Kier alpha value is -2.70. The number of aromatic nitrogens is 4. The number of rotatable bonds is 1. The second kappa shape index (κ2) is 6.40. The van der Waals surface area contributed by atoms with Crippen LogP contribution in [0.3, 0.4) is 0 Å². The van der Waals surface area contributed by atoms with Crippen molar-refractivity contribution in [1.82, 2.24) is 19.7 Å². The van der Waals surface area contributed by atoms with Gasteiger partial charge in [-0.15, -0.1) is 0 Å². The van der Waals surface area contributed by atoms with E-state index in [4.69, 9.17) is 9.47 Å². The molecule has 8 nitrogen and oxygen atoms in total. The van der Waals surface area contributed by atoms with E-state index in [2.05, 4.69) is 25.7 Å². The Morgan fingerprint density at radius 3 is 2.70 bits per heavy atom. The maximum atomic E-state index is 13.7. The van der Waals surface area contributed by atoms with Crippen molar-refractivity contribution in [1.29, 1.82) is 0 Å². The van der Waals surface area contributed by atoms with Crippen molar-refractivity contribution in [2.75, 3.05) is 30.5 Å². The van der Waals surface area contributed by atoms with Gasteiger partial charge in [0.1, 0.15) is 23.1 Å². The molecule has 2 N–H and O–H groups in total. The van der Waals surface area contributed by atoms with Crippen molar-refractivity contribution >= 4 is 17.6 Å². The van der Waals surface area contributed by atoms with Gasteiger partial charge in [-0.05, 0) is 6.92 Å². The molecule has 162 valence electrons. The lowest BCUT2D eigenvalue weighted by molar-refractivity contribution is -0.137. The first-order valence-electron chi connectivity index (χ1n) is 9.29. The minimum Gasteiger partial charge on any atom is -0.487 e. The van der Waals surface area contributed by atoms with Crippen LogP contribution in [0.1, 0.15) is 23.7 Å². The Morgan fingerprint density at radius 2 is 2.00 bits per heavy atom. The highest BCUT2D eigenvalue weighted by molar-refractivity contribution is 5.62. The molecule has 2 aromatic rings. The van der Waals surface area contributed by atoms with E-state index in [-0.39, 0.29) is 49.7 Å². The van der Waals surface area contributed by atoms with E-state index in [9.17, 15) is 22.0 Å². The third kappa shape index (κ3) is 3.20. The third-order valence-electron chi connectivity index (χ3n) is 5.41. The molecule has 13 heteroatoms. The van der Waals surface area contributed by atoms with Gasteiger partial charge in [0, 0.05) is 18.5 Å². The number of fused-ring (bicyclic) bond motifs is 4. The van der Waals surface area contributed by atoms with Crippen molar-refractivity contribution in [3.8, 4) is 5.75 Å². The normalized spacial score (nSPS) is 27.1. The molecule has 0 radical (unpaired) electrons. The number of alkyl halides is 5. The topological polar surface area (TPSA) is 86.1 Å². The van der Waals surface area contributed by atoms with Gasteiger partial charge < -0.3 is 20.1 Å². The molecule has 1 saturated heterocycles. The summed E-state index contributed by atoms with van der Waals surface area (Å²) >= 11 is 0. The largest absolute Gasteiger partial charge is 0.487 e. The second-order valence-corrected chi connectivity index (χ2v) is 7.63. The lowest BCUT2D eigenvalue weighted by Gasteiger charge is -2.21. The van der Waals surface area contributed by atoms with Crippen LogP contribution in [0.2, 0.25) is 0 Å². The Balaban J connectivity index is 1.61. The molecule has 2 aliphatic heterocycles. The van der Waals surface area contributed by atoms with E-state index < -0.39 is 35.6 Å². The second-order valence-electron chi connectivity index (χ2n) is 7.63. The molecule has 1 saturated carbocycles. The van der Waals surface area contributed by atoms with Gasteiger partial charge in [0.2, 0.25) is 5.95 Å². The molecule has 5 rings (SSSR count). The highest BCUT2D eigenvalue weighted by Crippen LogP contribution is 2.54.